The second-order valence-electron chi connectivity index (χ2n) is 5.04. The molecule has 0 saturated heterocycles. The highest BCUT2D eigenvalue weighted by Crippen LogP contribution is 2.21. The van der Waals surface area contributed by atoms with Gasteiger partial charge in [-0.15, -0.1) is 11.8 Å². The molecule has 0 atom stereocenters. The van der Waals surface area contributed by atoms with E-state index in [1.54, 1.807) is 11.8 Å². The largest absolute Gasteiger partial charge is 0.361 e. The summed E-state index contributed by atoms with van der Waals surface area (Å²) in [7, 11) is 0. The summed E-state index contributed by atoms with van der Waals surface area (Å²) in [5.74, 6) is 2.11. The molecule has 0 unspecified atom stereocenters. The van der Waals surface area contributed by atoms with Crippen molar-refractivity contribution in [3.05, 3.63) is 47.2 Å². The van der Waals surface area contributed by atoms with Gasteiger partial charge in [-0.1, -0.05) is 10.3 Å². The van der Waals surface area contributed by atoms with E-state index in [4.69, 9.17) is 9.05 Å². The number of hydrogen-bond donors (Lipinski definition) is 0. The number of nitrogens with zero attached hydrogens (tertiary/aromatic N) is 3. The molecule has 5 nitrogen and oxygen atoms in total. The van der Waals surface area contributed by atoms with E-state index in [1.807, 2.05) is 26.0 Å². The van der Waals surface area contributed by atoms with Crippen LogP contribution in [0.4, 0.5) is 0 Å². The fourth-order valence-corrected chi connectivity index (χ4v) is 2.71. The van der Waals surface area contributed by atoms with Crippen molar-refractivity contribution in [2.24, 2.45) is 0 Å². The van der Waals surface area contributed by atoms with E-state index < -0.39 is 0 Å². The van der Waals surface area contributed by atoms with Gasteiger partial charge in [0.15, 0.2) is 0 Å². The number of rotatable bonds is 5. The second-order valence-corrected chi connectivity index (χ2v) is 5.92. The van der Waals surface area contributed by atoms with Crippen molar-refractivity contribution in [2.45, 2.75) is 31.6 Å². The topological polar surface area (TPSA) is 65.0 Å². The molecule has 22 heavy (non-hydrogen) atoms. The molecule has 0 radical (unpaired) electrons. The van der Waals surface area contributed by atoms with Crippen LogP contribution in [-0.4, -0.2) is 21.6 Å². The standard InChI is InChI=1S/C16H17N3O2S/c1-10-14(11(2)20-18-10)8-9-15-17-16(19-21-15)12-4-6-13(22-3)7-5-12/h4-7H,8-9H2,1-3H3. The molecule has 2 aromatic heterocycles. The zero-order valence-electron chi connectivity index (χ0n) is 12.8. The van der Waals surface area contributed by atoms with Crippen LogP contribution in [0.15, 0.2) is 38.2 Å². The van der Waals surface area contributed by atoms with Crippen molar-refractivity contribution < 1.29 is 9.05 Å². The highest BCUT2D eigenvalue weighted by Gasteiger charge is 2.13. The Morgan fingerprint density at radius 2 is 1.77 bits per heavy atom. The minimum atomic E-state index is 0.626. The van der Waals surface area contributed by atoms with E-state index in [9.17, 15) is 0 Å². The summed E-state index contributed by atoms with van der Waals surface area (Å²) < 4.78 is 10.5. The maximum absolute atomic E-state index is 5.34. The SMILES string of the molecule is CSc1ccc(-c2noc(CCc3c(C)noc3C)n2)cc1. The molecule has 0 aliphatic carbocycles. The third-order valence-electron chi connectivity index (χ3n) is 3.59. The van der Waals surface area contributed by atoms with E-state index in [-0.39, 0.29) is 0 Å². The lowest BCUT2D eigenvalue weighted by molar-refractivity contribution is 0.377. The Bertz CT molecular complexity index is 743. The third kappa shape index (κ3) is 3.06. The maximum Gasteiger partial charge on any atom is 0.227 e. The average molecular weight is 315 g/mol. The summed E-state index contributed by atoms with van der Waals surface area (Å²) in [6.45, 7) is 3.86. The van der Waals surface area contributed by atoms with Gasteiger partial charge in [0.1, 0.15) is 5.76 Å². The summed E-state index contributed by atoms with van der Waals surface area (Å²) in [5, 5.41) is 8.01. The number of thioether (sulfide) groups is 1. The smallest absolute Gasteiger partial charge is 0.227 e. The number of benzene rings is 1. The lowest BCUT2D eigenvalue weighted by Gasteiger charge is -1.97. The van der Waals surface area contributed by atoms with Gasteiger partial charge in [0.05, 0.1) is 5.69 Å². The van der Waals surface area contributed by atoms with Gasteiger partial charge in [0.2, 0.25) is 11.7 Å². The molecule has 0 fully saturated rings. The summed E-state index contributed by atoms with van der Waals surface area (Å²) >= 11 is 1.71. The second kappa shape index (κ2) is 6.36. The van der Waals surface area contributed by atoms with Crippen LogP contribution in [0, 0.1) is 13.8 Å². The first kappa shape index (κ1) is 14.8. The van der Waals surface area contributed by atoms with Crippen LogP contribution in [0.2, 0.25) is 0 Å². The van der Waals surface area contributed by atoms with Gasteiger partial charge < -0.3 is 9.05 Å². The van der Waals surface area contributed by atoms with E-state index in [0.29, 0.717) is 18.1 Å². The maximum atomic E-state index is 5.34. The number of hydrogen-bond acceptors (Lipinski definition) is 6. The molecule has 3 rings (SSSR count). The predicted octanol–water partition coefficient (Wildman–Crippen LogP) is 3.85. The van der Waals surface area contributed by atoms with Crippen molar-refractivity contribution in [1.82, 2.24) is 15.3 Å². The monoisotopic (exact) mass is 315 g/mol. The van der Waals surface area contributed by atoms with Crippen LogP contribution in [0.1, 0.15) is 22.9 Å². The Balaban J connectivity index is 1.70. The summed E-state index contributed by atoms with van der Waals surface area (Å²) in [6, 6.07) is 8.13. The van der Waals surface area contributed by atoms with Gasteiger partial charge in [-0.3, -0.25) is 0 Å². The average Bonchev–Trinajstić information content (AvgIpc) is 3.13. The Morgan fingerprint density at radius 1 is 1.00 bits per heavy atom. The van der Waals surface area contributed by atoms with Crippen LogP contribution < -0.4 is 0 Å². The fourth-order valence-electron chi connectivity index (χ4n) is 2.30. The lowest BCUT2D eigenvalue weighted by Crippen LogP contribution is -1.94. The molecule has 0 spiro atoms. The van der Waals surface area contributed by atoms with E-state index >= 15 is 0 Å². The van der Waals surface area contributed by atoms with E-state index in [1.165, 1.54) is 4.90 Å². The van der Waals surface area contributed by atoms with Crippen LogP contribution in [-0.2, 0) is 12.8 Å². The molecule has 114 valence electrons. The number of aryl methyl sites for hydroxylation is 3. The Kier molecular flexibility index (Phi) is 4.29. The quantitative estimate of drug-likeness (QED) is 0.666. The first-order chi connectivity index (χ1) is 10.7. The zero-order valence-corrected chi connectivity index (χ0v) is 13.6. The summed E-state index contributed by atoms with van der Waals surface area (Å²) in [4.78, 5) is 5.67. The number of aromatic nitrogens is 3. The Labute approximate surface area is 133 Å². The molecule has 2 heterocycles. The summed E-state index contributed by atoms with van der Waals surface area (Å²) in [5.41, 5.74) is 3.00. The van der Waals surface area contributed by atoms with Crippen LogP contribution >= 0.6 is 11.8 Å². The minimum absolute atomic E-state index is 0.626. The van der Waals surface area contributed by atoms with E-state index in [0.717, 1.165) is 29.0 Å². The Hall–Kier alpha value is -2.08. The lowest BCUT2D eigenvalue weighted by atomic mass is 10.1. The van der Waals surface area contributed by atoms with Crippen molar-refractivity contribution in [3.8, 4) is 11.4 Å². The van der Waals surface area contributed by atoms with Gasteiger partial charge in [-0.2, -0.15) is 4.98 Å². The molecule has 0 aliphatic heterocycles. The molecular formula is C16H17N3O2S. The van der Waals surface area contributed by atoms with Gasteiger partial charge in [-0.05, 0) is 50.8 Å². The van der Waals surface area contributed by atoms with Gasteiger partial charge in [0, 0.05) is 22.4 Å². The summed E-state index contributed by atoms with van der Waals surface area (Å²) in [6.07, 6.45) is 3.52. The predicted molar refractivity (Wildman–Crippen MR) is 84.9 cm³/mol. The molecule has 0 aliphatic rings. The minimum Gasteiger partial charge on any atom is -0.361 e. The van der Waals surface area contributed by atoms with Crippen molar-refractivity contribution in [3.63, 3.8) is 0 Å². The van der Waals surface area contributed by atoms with Crippen LogP contribution in [0.25, 0.3) is 11.4 Å². The molecule has 3 aromatic rings. The first-order valence-corrected chi connectivity index (χ1v) is 8.28. The molecule has 0 bridgehead atoms. The van der Waals surface area contributed by atoms with E-state index in [2.05, 4.69) is 33.7 Å². The fraction of sp³-hybridized carbons (Fsp3) is 0.312. The highest BCUT2D eigenvalue weighted by atomic mass is 32.2. The molecular weight excluding hydrogens is 298 g/mol. The molecule has 0 saturated carbocycles. The van der Waals surface area contributed by atoms with Crippen molar-refractivity contribution >= 4 is 11.8 Å². The van der Waals surface area contributed by atoms with Crippen molar-refractivity contribution in [2.75, 3.05) is 6.26 Å². The molecule has 1 aromatic carbocycles. The van der Waals surface area contributed by atoms with Crippen LogP contribution in [0.3, 0.4) is 0 Å². The van der Waals surface area contributed by atoms with Gasteiger partial charge in [0.25, 0.3) is 0 Å². The van der Waals surface area contributed by atoms with Crippen LogP contribution in [0.5, 0.6) is 0 Å². The third-order valence-corrected chi connectivity index (χ3v) is 4.33. The van der Waals surface area contributed by atoms with Crippen molar-refractivity contribution in [1.29, 1.82) is 0 Å². The highest BCUT2D eigenvalue weighted by molar-refractivity contribution is 7.98. The molecule has 6 heteroatoms. The van der Waals surface area contributed by atoms with Gasteiger partial charge >= 0.3 is 0 Å². The molecule has 0 amide bonds. The normalized spacial score (nSPS) is 11.0. The first-order valence-electron chi connectivity index (χ1n) is 7.06. The molecule has 0 N–H and O–H groups in total. The van der Waals surface area contributed by atoms with Gasteiger partial charge in [-0.25, -0.2) is 0 Å². The Morgan fingerprint density at radius 3 is 2.41 bits per heavy atom. The zero-order chi connectivity index (χ0) is 15.5.